The van der Waals surface area contributed by atoms with Crippen LogP contribution >= 0.6 is 11.6 Å². The smallest absolute Gasteiger partial charge is 0.303 e. The molecule has 1 aromatic heterocycles. The van der Waals surface area contributed by atoms with Gasteiger partial charge < -0.3 is 9.67 Å². The Kier molecular flexibility index (Phi) is 8.52. The number of carboxylic acid groups (broad SMARTS) is 1. The zero-order chi connectivity index (χ0) is 23.1. The summed E-state index contributed by atoms with van der Waals surface area (Å²) in [7, 11) is 2.00. The third-order valence-electron chi connectivity index (χ3n) is 6.09. The minimum Gasteiger partial charge on any atom is -0.481 e. The Morgan fingerprint density at radius 3 is 2.34 bits per heavy atom. The second-order valence-electron chi connectivity index (χ2n) is 8.77. The molecule has 0 radical (unpaired) electrons. The number of nitrogens with zero attached hydrogens (tertiary/aromatic N) is 1. The Bertz CT molecular complexity index is 1070. The number of carbonyl (C=O) groups excluding carboxylic acids is 1. The van der Waals surface area contributed by atoms with Gasteiger partial charge in [0, 0.05) is 47.1 Å². The molecule has 0 aliphatic rings. The Labute approximate surface area is 195 Å². The number of rotatable bonds is 12. The molecule has 0 saturated heterocycles. The lowest BCUT2D eigenvalue weighted by molar-refractivity contribution is -0.137. The molecule has 1 N–H and O–H groups in total. The molecule has 0 unspecified atom stereocenters. The van der Waals surface area contributed by atoms with Gasteiger partial charge in [0.25, 0.3) is 0 Å². The number of hydrogen-bond donors (Lipinski definition) is 1. The predicted molar refractivity (Wildman–Crippen MR) is 131 cm³/mol. The molecule has 0 aliphatic carbocycles. The first kappa shape index (κ1) is 24.1. The number of fused-ring (bicyclic) bond motifs is 1. The fourth-order valence-electron chi connectivity index (χ4n) is 4.48. The van der Waals surface area contributed by atoms with Crippen LogP contribution in [0.4, 0.5) is 0 Å². The maximum Gasteiger partial charge on any atom is 0.303 e. The summed E-state index contributed by atoms with van der Waals surface area (Å²) < 4.78 is 2.10. The lowest BCUT2D eigenvalue weighted by Crippen LogP contribution is -2.12. The summed E-state index contributed by atoms with van der Waals surface area (Å²) in [5, 5.41) is 10.5. The number of benzene rings is 2. The Morgan fingerprint density at radius 1 is 0.969 bits per heavy atom. The molecule has 0 amide bonds. The molecule has 3 rings (SSSR count). The van der Waals surface area contributed by atoms with Crippen LogP contribution in [0.1, 0.15) is 67.1 Å². The van der Waals surface area contributed by atoms with Crippen molar-refractivity contribution < 1.29 is 14.7 Å². The van der Waals surface area contributed by atoms with E-state index in [1.54, 1.807) is 0 Å². The van der Waals surface area contributed by atoms with Crippen molar-refractivity contribution in [3.8, 4) is 0 Å². The Morgan fingerprint density at radius 2 is 1.66 bits per heavy atom. The van der Waals surface area contributed by atoms with Crippen molar-refractivity contribution in [2.75, 3.05) is 0 Å². The summed E-state index contributed by atoms with van der Waals surface area (Å²) in [5.41, 5.74) is 4.11. The van der Waals surface area contributed by atoms with Crippen LogP contribution < -0.4 is 0 Å². The van der Waals surface area contributed by atoms with Gasteiger partial charge in [0.15, 0.2) is 5.78 Å². The minimum atomic E-state index is -0.873. The molecule has 0 bridgehead atoms. The van der Waals surface area contributed by atoms with Gasteiger partial charge in [0.2, 0.25) is 0 Å². The highest BCUT2D eigenvalue weighted by atomic mass is 35.5. The fraction of sp³-hybridized carbons (Fsp3) is 0.407. The van der Waals surface area contributed by atoms with Crippen LogP contribution in [0.15, 0.2) is 48.5 Å². The monoisotopic (exact) mass is 453 g/mol. The van der Waals surface area contributed by atoms with E-state index >= 15 is 0 Å². The topological polar surface area (TPSA) is 59.3 Å². The number of Topliss-reactive ketones (excluding diaryl/α,β-unsaturated/α-hetero) is 1. The molecule has 32 heavy (non-hydrogen) atoms. The zero-order valence-corrected chi connectivity index (χ0v) is 19.7. The van der Waals surface area contributed by atoms with Crippen LogP contribution in [0, 0.1) is 5.92 Å². The number of ketones is 1. The third kappa shape index (κ3) is 6.23. The van der Waals surface area contributed by atoms with Crippen molar-refractivity contribution in [1.82, 2.24) is 4.57 Å². The van der Waals surface area contributed by atoms with Gasteiger partial charge in [-0.3, -0.25) is 9.59 Å². The summed E-state index contributed by atoms with van der Waals surface area (Å²) in [6.07, 6.45) is 6.57. The first-order valence-corrected chi connectivity index (χ1v) is 11.8. The molecule has 1 heterocycles. The lowest BCUT2D eigenvalue weighted by Gasteiger charge is -2.11. The Balaban J connectivity index is 1.69. The van der Waals surface area contributed by atoms with Crippen LogP contribution in [0.5, 0.6) is 0 Å². The van der Waals surface area contributed by atoms with Gasteiger partial charge in [-0.15, -0.1) is 0 Å². The number of aromatic nitrogens is 1. The second kappa shape index (κ2) is 11.3. The average molecular weight is 454 g/mol. The number of unbranched alkanes of at least 4 members (excludes halogenated alkanes) is 3. The average Bonchev–Trinajstić information content (AvgIpc) is 3.01. The number of carboxylic acids is 1. The standard InChI is InChI=1S/C27H32ClNO3/c1-19(17-26(31)32)16-25(30)27-22-18-21(28)14-15-23(22)29(2)24(27)13-9-4-3-6-10-20-11-7-5-8-12-20/h5,7-8,11-12,14-15,18-19H,3-4,6,9-10,13,16-17H2,1-2H3,(H,31,32)/t19-/m0/s1. The van der Waals surface area contributed by atoms with Gasteiger partial charge >= 0.3 is 5.97 Å². The van der Waals surface area contributed by atoms with Crippen LogP contribution in [0.2, 0.25) is 5.02 Å². The second-order valence-corrected chi connectivity index (χ2v) is 9.21. The van der Waals surface area contributed by atoms with Gasteiger partial charge in [-0.25, -0.2) is 0 Å². The van der Waals surface area contributed by atoms with Crippen molar-refractivity contribution in [1.29, 1.82) is 0 Å². The van der Waals surface area contributed by atoms with Gasteiger partial charge in [0.1, 0.15) is 0 Å². The molecular weight excluding hydrogens is 422 g/mol. The molecule has 2 aromatic carbocycles. The highest BCUT2D eigenvalue weighted by Crippen LogP contribution is 2.31. The van der Waals surface area contributed by atoms with E-state index in [0.717, 1.165) is 55.1 Å². The molecule has 0 spiro atoms. The van der Waals surface area contributed by atoms with E-state index in [9.17, 15) is 9.59 Å². The highest BCUT2D eigenvalue weighted by Gasteiger charge is 2.23. The van der Waals surface area contributed by atoms with Gasteiger partial charge in [0.05, 0.1) is 0 Å². The largest absolute Gasteiger partial charge is 0.481 e. The van der Waals surface area contributed by atoms with Crippen molar-refractivity contribution in [2.45, 2.75) is 58.3 Å². The summed E-state index contributed by atoms with van der Waals surface area (Å²) in [6, 6.07) is 16.2. The van der Waals surface area contributed by atoms with E-state index in [-0.39, 0.29) is 24.5 Å². The van der Waals surface area contributed by atoms with E-state index in [2.05, 4.69) is 28.8 Å². The number of aryl methyl sites for hydroxylation is 2. The number of aliphatic carboxylic acids is 1. The molecule has 0 fully saturated rings. The normalized spacial score (nSPS) is 12.2. The van der Waals surface area contributed by atoms with Crippen molar-refractivity contribution in [2.24, 2.45) is 13.0 Å². The van der Waals surface area contributed by atoms with Crippen molar-refractivity contribution in [3.05, 3.63) is 70.4 Å². The first-order chi connectivity index (χ1) is 15.4. The maximum atomic E-state index is 13.2. The van der Waals surface area contributed by atoms with E-state index in [1.807, 2.05) is 38.2 Å². The quantitative estimate of drug-likeness (QED) is 0.240. The van der Waals surface area contributed by atoms with Gasteiger partial charge in [-0.2, -0.15) is 0 Å². The fourth-order valence-corrected chi connectivity index (χ4v) is 4.65. The number of carbonyl (C=O) groups is 2. The molecule has 4 nitrogen and oxygen atoms in total. The van der Waals surface area contributed by atoms with Crippen molar-refractivity contribution >= 4 is 34.3 Å². The summed E-state index contributed by atoms with van der Waals surface area (Å²) in [5.74, 6) is -1.08. The molecule has 3 aromatic rings. The third-order valence-corrected chi connectivity index (χ3v) is 6.33. The molecule has 1 atom stereocenters. The van der Waals surface area contributed by atoms with Crippen LogP contribution in [-0.2, 0) is 24.7 Å². The van der Waals surface area contributed by atoms with Crippen LogP contribution in [0.25, 0.3) is 10.9 Å². The molecular formula is C27H32ClNO3. The molecule has 0 aliphatic heterocycles. The minimum absolute atomic E-state index is 0.00527. The molecule has 0 saturated carbocycles. The number of halogens is 1. The summed E-state index contributed by atoms with van der Waals surface area (Å²) >= 11 is 6.25. The first-order valence-electron chi connectivity index (χ1n) is 11.4. The summed E-state index contributed by atoms with van der Waals surface area (Å²) in [4.78, 5) is 24.3. The Hall–Kier alpha value is -2.59. The van der Waals surface area contributed by atoms with E-state index < -0.39 is 5.97 Å². The lowest BCUT2D eigenvalue weighted by atomic mass is 9.94. The van der Waals surface area contributed by atoms with E-state index in [1.165, 1.54) is 5.56 Å². The maximum absolute atomic E-state index is 13.2. The SMILES string of the molecule is C[C@H](CC(=O)O)CC(=O)c1c(CCCCCCc2ccccc2)n(C)c2ccc(Cl)cc12. The predicted octanol–water partition coefficient (Wildman–Crippen LogP) is 6.86. The van der Waals surface area contributed by atoms with Gasteiger partial charge in [-0.1, -0.05) is 61.7 Å². The van der Waals surface area contributed by atoms with Crippen molar-refractivity contribution in [3.63, 3.8) is 0 Å². The number of hydrogen-bond acceptors (Lipinski definition) is 2. The van der Waals surface area contributed by atoms with Crippen LogP contribution in [0.3, 0.4) is 0 Å². The van der Waals surface area contributed by atoms with Crippen LogP contribution in [-0.4, -0.2) is 21.4 Å². The van der Waals surface area contributed by atoms with E-state index in [0.29, 0.717) is 10.6 Å². The van der Waals surface area contributed by atoms with E-state index in [4.69, 9.17) is 16.7 Å². The summed E-state index contributed by atoms with van der Waals surface area (Å²) in [6.45, 7) is 1.82. The molecule has 170 valence electrons. The zero-order valence-electron chi connectivity index (χ0n) is 18.9. The highest BCUT2D eigenvalue weighted by molar-refractivity contribution is 6.31. The van der Waals surface area contributed by atoms with Gasteiger partial charge in [-0.05, 0) is 55.4 Å². The molecule has 5 heteroatoms.